The summed E-state index contributed by atoms with van der Waals surface area (Å²) in [5, 5.41) is 4.85. The molecule has 3 aromatic rings. The molecule has 10 heteroatoms. The predicted molar refractivity (Wildman–Crippen MR) is 83.3 cm³/mol. The van der Waals surface area contributed by atoms with E-state index in [-0.39, 0.29) is 29.0 Å². The molecule has 25 heavy (non-hydrogen) atoms. The zero-order valence-electron chi connectivity index (χ0n) is 12.9. The topological polar surface area (TPSA) is 114 Å². The Bertz CT molecular complexity index is 1020. The van der Waals surface area contributed by atoms with Crippen LogP contribution in [0.1, 0.15) is 18.7 Å². The molecule has 0 bridgehead atoms. The minimum absolute atomic E-state index is 0.00228. The largest absolute Gasteiger partial charge is 0.586 e. The zero-order chi connectivity index (χ0) is 17.3. The Hall–Kier alpha value is -2.75. The molecule has 0 radical (unpaired) electrons. The second-order valence-corrected chi connectivity index (χ2v) is 6.40. The Kier molecular flexibility index (Phi) is 2.72. The van der Waals surface area contributed by atoms with Crippen LogP contribution in [0.4, 0.5) is 14.7 Å². The third-order valence-electron chi connectivity index (χ3n) is 4.53. The number of hydrogen-bond donors (Lipinski definition) is 2. The standard InChI is InChI=1S/C15H14F2N6O2/c16-15(17)24-9-4-3-7-11(12(9)25-15)21-14(19)23-13(7)20-10(22-23)5-8(18)6-1-2-6/h3-4,6,8H,1-2,5,18H2,(H2,19,21)/t8-/m0/s1. The van der Waals surface area contributed by atoms with Gasteiger partial charge in [-0.05, 0) is 30.9 Å². The van der Waals surface area contributed by atoms with Gasteiger partial charge in [0.15, 0.2) is 23.0 Å². The SMILES string of the molecule is Nc1nc2c3c(ccc2c2nc(C[C@H](N)C4CC4)nn12)OC(F)(F)O3. The van der Waals surface area contributed by atoms with E-state index in [4.69, 9.17) is 11.5 Å². The molecule has 130 valence electrons. The summed E-state index contributed by atoms with van der Waals surface area (Å²) < 4.78 is 37.1. The molecule has 2 aromatic heterocycles. The maximum Gasteiger partial charge on any atom is 0.586 e. The predicted octanol–water partition coefficient (Wildman–Crippen LogP) is 1.46. The number of nitrogens with zero attached hydrogens (tertiary/aromatic N) is 4. The summed E-state index contributed by atoms with van der Waals surface area (Å²) in [7, 11) is 0. The van der Waals surface area contributed by atoms with E-state index in [1.807, 2.05) is 0 Å². The van der Waals surface area contributed by atoms with Gasteiger partial charge in [0.05, 0.1) is 0 Å². The minimum atomic E-state index is -3.73. The third-order valence-corrected chi connectivity index (χ3v) is 4.53. The number of nitrogen functional groups attached to an aromatic ring is 1. The van der Waals surface area contributed by atoms with Gasteiger partial charge in [0.25, 0.3) is 0 Å². The molecule has 5 rings (SSSR count). The van der Waals surface area contributed by atoms with E-state index in [0.29, 0.717) is 29.2 Å². The highest BCUT2D eigenvalue weighted by molar-refractivity contribution is 5.97. The van der Waals surface area contributed by atoms with Crippen molar-refractivity contribution in [3.05, 3.63) is 18.0 Å². The summed E-state index contributed by atoms with van der Waals surface area (Å²) in [5.74, 6) is 0.826. The molecule has 0 saturated heterocycles. The van der Waals surface area contributed by atoms with E-state index in [0.717, 1.165) is 12.8 Å². The molecule has 4 N–H and O–H groups in total. The number of rotatable bonds is 3. The van der Waals surface area contributed by atoms with Gasteiger partial charge in [0, 0.05) is 17.8 Å². The van der Waals surface area contributed by atoms with Crippen LogP contribution in [0.25, 0.3) is 16.6 Å². The van der Waals surface area contributed by atoms with Gasteiger partial charge in [0.2, 0.25) is 5.95 Å². The van der Waals surface area contributed by atoms with Gasteiger partial charge in [-0.3, -0.25) is 0 Å². The Balaban J connectivity index is 1.66. The smallest absolute Gasteiger partial charge is 0.395 e. The molecule has 1 aliphatic heterocycles. The van der Waals surface area contributed by atoms with Crippen molar-refractivity contribution in [1.82, 2.24) is 19.6 Å². The molecule has 0 unspecified atom stereocenters. The van der Waals surface area contributed by atoms with E-state index in [9.17, 15) is 8.78 Å². The number of anilines is 1. The average molecular weight is 348 g/mol. The fourth-order valence-electron chi connectivity index (χ4n) is 3.13. The van der Waals surface area contributed by atoms with Crippen LogP contribution in [0.5, 0.6) is 11.5 Å². The summed E-state index contributed by atoms with van der Waals surface area (Å²) in [6.45, 7) is 0. The summed E-state index contributed by atoms with van der Waals surface area (Å²) in [6, 6.07) is 2.97. The first kappa shape index (κ1) is 14.6. The number of halogens is 2. The van der Waals surface area contributed by atoms with Crippen molar-refractivity contribution < 1.29 is 18.3 Å². The van der Waals surface area contributed by atoms with E-state index >= 15 is 0 Å². The van der Waals surface area contributed by atoms with Crippen molar-refractivity contribution >= 4 is 22.5 Å². The van der Waals surface area contributed by atoms with Crippen LogP contribution in [0.15, 0.2) is 12.1 Å². The molecule has 1 saturated carbocycles. The molecule has 0 amide bonds. The molecule has 1 atom stereocenters. The Morgan fingerprint density at radius 2 is 2.08 bits per heavy atom. The number of fused-ring (bicyclic) bond motifs is 5. The van der Waals surface area contributed by atoms with Crippen molar-refractivity contribution in [3.8, 4) is 11.5 Å². The zero-order valence-corrected chi connectivity index (χ0v) is 12.9. The van der Waals surface area contributed by atoms with Crippen molar-refractivity contribution in [1.29, 1.82) is 0 Å². The first-order valence-electron chi connectivity index (χ1n) is 7.90. The van der Waals surface area contributed by atoms with Crippen LogP contribution in [-0.4, -0.2) is 31.9 Å². The summed E-state index contributed by atoms with van der Waals surface area (Å²) >= 11 is 0. The van der Waals surface area contributed by atoms with E-state index in [1.165, 1.54) is 10.6 Å². The monoisotopic (exact) mass is 348 g/mol. The lowest BCUT2D eigenvalue weighted by atomic mass is 10.1. The Morgan fingerprint density at radius 1 is 1.28 bits per heavy atom. The lowest BCUT2D eigenvalue weighted by Gasteiger charge is -2.05. The van der Waals surface area contributed by atoms with E-state index in [1.54, 1.807) is 6.07 Å². The summed E-state index contributed by atoms with van der Waals surface area (Å²) in [4.78, 5) is 8.63. The fourth-order valence-corrected chi connectivity index (χ4v) is 3.13. The highest BCUT2D eigenvalue weighted by atomic mass is 19.3. The molecule has 1 aliphatic carbocycles. The number of benzene rings is 1. The highest BCUT2D eigenvalue weighted by Crippen LogP contribution is 2.45. The van der Waals surface area contributed by atoms with Crippen LogP contribution in [0.3, 0.4) is 0 Å². The fraction of sp³-hybridized carbons (Fsp3) is 0.400. The highest BCUT2D eigenvalue weighted by Gasteiger charge is 2.45. The Labute approximate surface area is 139 Å². The maximum atomic E-state index is 13.4. The summed E-state index contributed by atoms with van der Waals surface area (Å²) in [6.07, 6.45) is -0.956. The van der Waals surface area contributed by atoms with Gasteiger partial charge in [-0.2, -0.15) is 4.52 Å². The lowest BCUT2D eigenvalue weighted by Crippen LogP contribution is -2.26. The van der Waals surface area contributed by atoms with E-state index in [2.05, 4.69) is 24.5 Å². The van der Waals surface area contributed by atoms with Gasteiger partial charge in [-0.1, -0.05) is 0 Å². The third kappa shape index (κ3) is 2.24. The van der Waals surface area contributed by atoms with Crippen LogP contribution in [-0.2, 0) is 6.42 Å². The quantitative estimate of drug-likeness (QED) is 0.736. The van der Waals surface area contributed by atoms with Gasteiger partial charge in [-0.25, -0.2) is 9.97 Å². The van der Waals surface area contributed by atoms with Gasteiger partial charge in [0.1, 0.15) is 5.52 Å². The van der Waals surface area contributed by atoms with Crippen LogP contribution < -0.4 is 20.9 Å². The molecular formula is C15H14F2N6O2. The lowest BCUT2D eigenvalue weighted by molar-refractivity contribution is -0.286. The van der Waals surface area contributed by atoms with Gasteiger partial charge in [-0.15, -0.1) is 13.9 Å². The van der Waals surface area contributed by atoms with Crippen LogP contribution in [0.2, 0.25) is 0 Å². The average Bonchev–Trinajstić information content (AvgIpc) is 3.22. The number of hydrogen-bond acceptors (Lipinski definition) is 7. The van der Waals surface area contributed by atoms with Crippen LogP contribution in [0, 0.1) is 5.92 Å². The molecular weight excluding hydrogens is 334 g/mol. The van der Waals surface area contributed by atoms with Crippen molar-refractivity contribution in [3.63, 3.8) is 0 Å². The van der Waals surface area contributed by atoms with Gasteiger partial charge >= 0.3 is 6.29 Å². The van der Waals surface area contributed by atoms with E-state index < -0.39 is 6.29 Å². The molecule has 1 aromatic carbocycles. The van der Waals surface area contributed by atoms with Gasteiger partial charge < -0.3 is 20.9 Å². The molecule has 2 aliphatic rings. The second kappa shape index (κ2) is 4.66. The number of alkyl halides is 2. The number of ether oxygens (including phenoxy) is 2. The molecule has 0 spiro atoms. The first-order chi connectivity index (χ1) is 11.9. The van der Waals surface area contributed by atoms with Crippen molar-refractivity contribution in [2.24, 2.45) is 11.7 Å². The normalized spacial score (nSPS) is 19.6. The van der Waals surface area contributed by atoms with Crippen molar-refractivity contribution in [2.45, 2.75) is 31.6 Å². The molecule has 1 fully saturated rings. The van der Waals surface area contributed by atoms with Crippen LogP contribution >= 0.6 is 0 Å². The number of nitrogens with two attached hydrogens (primary N) is 2. The molecule has 3 heterocycles. The summed E-state index contributed by atoms with van der Waals surface area (Å²) in [5.41, 5.74) is 12.6. The van der Waals surface area contributed by atoms with Crippen molar-refractivity contribution in [2.75, 3.05) is 5.73 Å². The molecule has 8 nitrogen and oxygen atoms in total. The number of aromatic nitrogens is 4. The first-order valence-corrected chi connectivity index (χ1v) is 7.90. The second-order valence-electron chi connectivity index (χ2n) is 6.40. The maximum absolute atomic E-state index is 13.4. The Morgan fingerprint density at radius 3 is 2.84 bits per heavy atom. The minimum Gasteiger partial charge on any atom is -0.395 e.